The smallest absolute Gasteiger partial charge is 0.335 e. The lowest BCUT2D eigenvalue weighted by atomic mass is 9.91. The minimum atomic E-state index is -0.740. The Bertz CT molecular complexity index is 529. The average Bonchev–Trinajstić information content (AvgIpc) is 2.53. The Morgan fingerprint density at radius 1 is 1.26 bits per heavy atom. The molecular formula is C17H22O6. The van der Waals surface area contributed by atoms with Crippen LogP contribution < -0.4 is 0 Å². The summed E-state index contributed by atoms with van der Waals surface area (Å²) in [5.41, 5.74) is 0.908. The molecule has 0 bridgehead atoms. The van der Waals surface area contributed by atoms with E-state index in [9.17, 15) is 9.59 Å². The van der Waals surface area contributed by atoms with Crippen molar-refractivity contribution in [3.05, 3.63) is 35.9 Å². The molecule has 0 N–H and O–H groups in total. The van der Waals surface area contributed by atoms with Crippen LogP contribution in [0.3, 0.4) is 0 Å². The highest BCUT2D eigenvalue weighted by atomic mass is 16.6. The molecule has 1 aliphatic heterocycles. The number of hydrogen-bond acceptors (Lipinski definition) is 6. The fraction of sp³-hybridized carbons (Fsp3) is 0.529. The Kier molecular flexibility index (Phi) is 6.12. The maximum Gasteiger partial charge on any atom is 0.335 e. The largest absolute Gasteiger partial charge is 0.459 e. The van der Waals surface area contributed by atoms with Crippen LogP contribution in [0, 0.1) is 5.92 Å². The van der Waals surface area contributed by atoms with E-state index in [1.165, 1.54) is 14.0 Å². The Hall–Kier alpha value is -1.92. The third-order valence-electron chi connectivity index (χ3n) is 3.85. The first-order valence-corrected chi connectivity index (χ1v) is 7.55. The third kappa shape index (κ3) is 4.53. The molecule has 6 nitrogen and oxygen atoms in total. The second kappa shape index (κ2) is 8.08. The highest BCUT2D eigenvalue weighted by Gasteiger charge is 2.43. The van der Waals surface area contributed by atoms with Crippen molar-refractivity contribution in [1.82, 2.24) is 0 Å². The third-order valence-corrected chi connectivity index (χ3v) is 3.85. The number of esters is 2. The van der Waals surface area contributed by atoms with Crippen LogP contribution >= 0.6 is 0 Å². The second-order valence-electron chi connectivity index (χ2n) is 5.55. The van der Waals surface area contributed by atoms with E-state index in [1.54, 1.807) is 0 Å². The van der Waals surface area contributed by atoms with Gasteiger partial charge in [0.2, 0.25) is 0 Å². The van der Waals surface area contributed by atoms with E-state index in [1.807, 2.05) is 37.3 Å². The monoisotopic (exact) mass is 322 g/mol. The molecule has 0 radical (unpaired) electrons. The zero-order chi connectivity index (χ0) is 16.8. The topological polar surface area (TPSA) is 71.1 Å². The predicted octanol–water partition coefficient (Wildman–Crippen LogP) is 1.71. The summed E-state index contributed by atoms with van der Waals surface area (Å²) in [6.45, 7) is 3.45. The summed E-state index contributed by atoms with van der Waals surface area (Å²) >= 11 is 0. The Morgan fingerprint density at radius 2 is 1.96 bits per heavy atom. The fourth-order valence-electron chi connectivity index (χ4n) is 2.73. The molecule has 1 aliphatic rings. The predicted molar refractivity (Wildman–Crippen MR) is 81.5 cm³/mol. The molecule has 0 amide bonds. The van der Waals surface area contributed by atoms with Gasteiger partial charge in [-0.3, -0.25) is 4.79 Å². The number of methoxy groups -OCH3 is 1. The standard InChI is InChI=1S/C17H22O6/c1-11-15(20-3)14(23-12(2)18)10-21-16(11)17(19)22-9-13-7-5-4-6-8-13/h4-8,11,14-16H,9-10H2,1-3H3/t11-,14?,15+,16?/m1/s1. The Balaban J connectivity index is 1.94. The minimum Gasteiger partial charge on any atom is -0.459 e. The molecular weight excluding hydrogens is 300 g/mol. The van der Waals surface area contributed by atoms with Gasteiger partial charge in [0.25, 0.3) is 0 Å². The molecule has 6 heteroatoms. The van der Waals surface area contributed by atoms with Crippen LogP contribution in [0.25, 0.3) is 0 Å². The molecule has 1 saturated heterocycles. The van der Waals surface area contributed by atoms with Gasteiger partial charge in [-0.05, 0) is 5.56 Å². The highest BCUT2D eigenvalue weighted by molar-refractivity contribution is 5.75. The summed E-state index contributed by atoms with van der Waals surface area (Å²) in [7, 11) is 1.52. The van der Waals surface area contributed by atoms with Crippen molar-refractivity contribution >= 4 is 11.9 Å². The van der Waals surface area contributed by atoms with Gasteiger partial charge in [0, 0.05) is 20.0 Å². The maximum absolute atomic E-state index is 12.3. The average molecular weight is 322 g/mol. The molecule has 126 valence electrons. The van der Waals surface area contributed by atoms with Crippen LogP contribution in [0.4, 0.5) is 0 Å². The van der Waals surface area contributed by atoms with Gasteiger partial charge in [0.1, 0.15) is 12.7 Å². The molecule has 1 fully saturated rings. The molecule has 2 unspecified atom stereocenters. The van der Waals surface area contributed by atoms with Gasteiger partial charge >= 0.3 is 11.9 Å². The van der Waals surface area contributed by atoms with E-state index in [0.29, 0.717) is 0 Å². The van der Waals surface area contributed by atoms with Gasteiger partial charge in [0.15, 0.2) is 12.2 Å². The minimum absolute atomic E-state index is 0.105. The lowest BCUT2D eigenvalue weighted by Crippen LogP contribution is -2.53. The van der Waals surface area contributed by atoms with Crippen LogP contribution in [0.15, 0.2) is 30.3 Å². The molecule has 1 heterocycles. The van der Waals surface area contributed by atoms with Crippen molar-refractivity contribution in [1.29, 1.82) is 0 Å². The van der Waals surface area contributed by atoms with E-state index in [4.69, 9.17) is 18.9 Å². The van der Waals surface area contributed by atoms with Crippen molar-refractivity contribution in [2.24, 2.45) is 5.92 Å². The van der Waals surface area contributed by atoms with Gasteiger partial charge in [0.05, 0.1) is 6.61 Å². The highest BCUT2D eigenvalue weighted by Crippen LogP contribution is 2.26. The van der Waals surface area contributed by atoms with Crippen LogP contribution in [0.5, 0.6) is 0 Å². The Morgan fingerprint density at radius 3 is 2.57 bits per heavy atom. The van der Waals surface area contributed by atoms with Crippen molar-refractivity contribution in [2.75, 3.05) is 13.7 Å². The summed E-state index contributed by atoms with van der Waals surface area (Å²) in [5.74, 6) is -1.14. The normalized spacial score (nSPS) is 27.3. The lowest BCUT2D eigenvalue weighted by Gasteiger charge is -2.38. The maximum atomic E-state index is 12.3. The molecule has 0 aromatic heterocycles. The van der Waals surface area contributed by atoms with Gasteiger partial charge in [-0.2, -0.15) is 0 Å². The SMILES string of the molecule is CO[C@@H]1C(OC(C)=O)COC(C(=O)OCc2ccccc2)[C@@H]1C. The summed E-state index contributed by atoms with van der Waals surface area (Å²) in [6.07, 6.45) is -1.68. The number of carbonyl (C=O) groups is 2. The molecule has 0 aliphatic carbocycles. The summed E-state index contributed by atoms with van der Waals surface area (Å²) in [4.78, 5) is 23.4. The number of rotatable bonds is 5. The number of benzene rings is 1. The van der Waals surface area contributed by atoms with Crippen LogP contribution in [0.2, 0.25) is 0 Å². The molecule has 0 spiro atoms. The van der Waals surface area contributed by atoms with E-state index in [0.717, 1.165) is 5.56 Å². The first-order valence-electron chi connectivity index (χ1n) is 7.55. The van der Waals surface area contributed by atoms with Crippen molar-refractivity contribution in [3.8, 4) is 0 Å². The molecule has 0 saturated carbocycles. The number of hydrogen-bond donors (Lipinski definition) is 0. The summed E-state index contributed by atoms with van der Waals surface area (Å²) < 4.78 is 21.5. The Labute approximate surface area is 135 Å². The number of carbonyl (C=O) groups excluding carboxylic acids is 2. The molecule has 23 heavy (non-hydrogen) atoms. The zero-order valence-electron chi connectivity index (χ0n) is 13.6. The number of ether oxygens (including phenoxy) is 4. The van der Waals surface area contributed by atoms with E-state index in [-0.39, 0.29) is 19.1 Å². The summed E-state index contributed by atoms with van der Waals surface area (Å²) in [6, 6.07) is 9.43. The van der Waals surface area contributed by atoms with Gasteiger partial charge in [-0.15, -0.1) is 0 Å². The van der Waals surface area contributed by atoms with Gasteiger partial charge in [-0.1, -0.05) is 37.3 Å². The van der Waals surface area contributed by atoms with Crippen molar-refractivity contribution in [3.63, 3.8) is 0 Å². The molecule has 4 atom stereocenters. The van der Waals surface area contributed by atoms with Gasteiger partial charge in [-0.25, -0.2) is 4.79 Å². The first kappa shape index (κ1) is 17.4. The van der Waals surface area contributed by atoms with Crippen LogP contribution in [-0.2, 0) is 35.1 Å². The fourth-order valence-corrected chi connectivity index (χ4v) is 2.73. The van der Waals surface area contributed by atoms with Crippen LogP contribution in [0.1, 0.15) is 19.4 Å². The van der Waals surface area contributed by atoms with Gasteiger partial charge < -0.3 is 18.9 Å². The molecule has 1 aromatic rings. The zero-order valence-corrected chi connectivity index (χ0v) is 13.6. The van der Waals surface area contributed by atoms with Crippen molar-refractivity contribution < 1.29 is 28.5 Å². The van der Waals surface area contributed by atoms with Crippen molar-refractivity contribution in [2.45, 2.75) is 38.8 Å². The van der Waals surface area contributed by atoms with Crippen LogP contribution in [-0.4, -0.2) is 44.0 Å². The molecule has 2 rings (SSSR count). The molecule has 1 aromatic carbocycles. The van der Waals surface area contributed by atoms with E-state index < -0.39 is 30.3 Å². The van der Waals surface area contributed by atoms with E-state index >= 15 is 0 Å². The summed E-state index contributed by atoms with van der Waals surface area (Å²) in [5, 5.41) is 0. The lowest BCUT2D eigenvalue weighted by molar-refractivity contribution is -0.203. The van der Waals surface area contributed by atoms with E-state index in [2.05, 4.69) is 0 Å². The second-order valence-corrected chi connectivity index (χ2v) is 5.55. The quantitative estimate of drug-likeness (QED) is 0.769. The first-order chi connectivity index (χ1) is 11.0.